The Morgan fingerprint density at radius 2 is 2.10 bits per heavy atom. The first-order chi connectivity index (χ1) is 14.1. The number of ketones is 1. The lowest BCUT2D eigenvalue weighted by Gasteiger charge is -2.32. The monoisotopic (exact) mass is 394 g/mol. The second-order valence-corrected chi connectivity index (χ2v) is 7.23. The van der Waals surface area contributed by atoms with Crippen LogP contribution in [0.1, 0.15) is 23.0 Å². The molecule has 1 aliphatic rings. The Morgan fingerprint density at radius 3 is 2.93 bits per heavy atom. The molecule has 1 fully saturated rings. The molecule has 0 amide bonds. The van der Waals surface area contributed by atoms with E-state index in [1.807, 2.05) is 18.2 Å². The number of ether oxygens (including phenoxy) is 2. The highest BCUT2D eigenvalue weighted by Gasteiger charge is 2.22. The van der Waals surface area contributed by atoms with Crippen molar-refractivity contribution in [2.75, 3.05) is 26.3 Å². The summed E-state index contributed by atoms with van der Waals surface area (Å²) in [6, 6.07) is 16.5. The summed E-state index contributed by atoms with van der Waals surface area (Å²) in [4.78, 5) is 18.4. The van der Waals surface area contributed by atoms with E-state index < -0.39 is 5.82 Å². The second-order valence-electron chi connectivity index (χ2n) is 7.23. The number of halogens is 1. The van der Waals surface area contributed by atoms with Gasteiger partial charge in [0.15, 0.2) is 5.78 Å². The molecule has 1 aliphatic heterocycles. The Balaban J connectivity index is 1.34. The van der Waals surface area contributed by atoms with E-state index in [9.17, 15) is 9.18 Å². The van der Waals surface area contributed by atoms with Crippen LogP contribution >= 0.6 is 0 Å². The number of carbonyl (C=O) groups excluding carboxylic acids is 1. The summed E-state index contributed by atoms with van der Waals surface area (Å²) in [5.41, 5.74) is 2.08. The van der Waals surface area contributed by atoms with E-state index in [1.54, 1.807) is 6.07 Å². The molecule has 29 heavy (non-hydrogen) atoms. The van der Waals surface area contributed by atoms with Crippen LogP contribution in [0.2, 0.25) is 0 Å². The van der Waals surface area contributed by atoms with Crippen molar-refractivity contribution in [2.24, 2.45) is 0 Å². The van der Waals surface area contributed by atoms with Crippen molar-refractivity contribution in [3.63, 3.8) is 0 Å². The normalized spacial score (nSPS) is 17.4. The van der Waals surface area contributed by atoms with Crippen LogP contribution in [-0.2, 0) is 11.3 Å². The van der Waals surface area contributed by atoms with Crippen molar-refractivity contribution >= 4 is 16.7 Å². The SMILES string of the molecule is CC(=O)c1ccc(OCC2CN(Cc3ccc4ccccc4n3)CCO2)cc1F. The minimum Gasteiger partial charge on any atom is -0.491 e. The summed E-state index contributed by atoms with van der Waals surface area (Å²) >= 11 is 0. The number of aromatic nitrogens is 1. The van der Waals surface area contributed by atoms with Crippen LogP contribution in [-0.4, -0.2) is 48.1 Å². The molecule has 2 heterocycles. The molecule has 0 spiro atoms. The van der Waals surface area contributed by atoms with Crippen LogP contribution in [0.25, 0.3) is 10.9 Å². The average molecular weight is 394 g/mol. The predicted molar refractivity (Wildman–Crippen MR) is 109 cm³/mol. The van der Waals surface area contributed by atoms with E-state index in [0.29, 0.717) is 25.5 Å². The minimum absolute atomic E-state index is 0.0697. The molecule has 0 bridgehead atoms. The summed E-state index contributed by atoms with van der Waals surface area (Å²) in [6.45, 7) is 4.55. The van der Waals surface area contributed by atoms with E-state index in [2.05, 4.69) is 23.1 Å². The van der Waals surface area contributed by atoms with Crippen molar-refractivity contribution in [3.05, 3.63) is 71.7 Å². The first-order valence-electron chi connectivity index (χ1n) is 9.70. The van der Waals surface area contributed by atoms with Gasteiger partial charge in [-0.1, -0.05) is 24.3 Å². The van der Waals surface area contributed by atoms with Crippen LogP contribution in [0, 0.1) is 5.82 Å². The summed E-state index contributed by atoms with van der Waals surface area (Å²) in [5.74, 6) is -0.476. The highest BCUT2D eigenvalue weighted by Crippen LogP contribution is 2.19. The van der Waals surface area contributed by atoms with Gasteiger partial charge in [-0.25, -0.2) is 4.39 Å². The van der Waals surface area contributed by atoms with Crippen molar-refractivity contribution in [1.82, 2.24) is 9.88 Å². The van der Waals surface area contributed by atoms with Crippen molar-refractivity contribution in [2.45, 2.75) is 19.6 Å². The summed E-state index contributed by atoms with van der Waals surface area (Å²) in [7, 11) is 0. The molecule has 5 nitrogen and oxygen atoms in total. The summed E-state index contributed by atoms with van der Waals surface area (Å²) in [6.07, 6.45) is -0.111. The summed E-state index contributed by atoms with van der Waals surface area (Å²) in [5, 5.41) is 1.13. The molecule has 0 N–H and O–H groups in total. The Bertz CT molecular complexity index is 1020. The van der Waals surface area contributed by atoms with Crippen molar-refractivity contribution in [1.29, 1.82) is 0 Å². The quantitative estimate of drug-likeness (QED) is 0.595. The number of Topliss-reactive ketones (excluding diaryl/α,β-unsaturated/α-hetero) is 1. The van der Waals surface area contributed by atoms with Gasteiger partial charge < -0.3 is 9.47 Å². The molecule has 0 aliphatic carbocycles. The number of para-hydroxylation sites is 1. The number of hydrogen-bond acceptors (Lipinski definition) is 5. The van der Waals surface area contributed by atoms with Gasteiger partial charge in [-0.2, -0.15) is 0 Å². The molecule has 1 unspecified atom stereocenters. The van der Waals surface area contributed by atoms with Crippen LogP contribution in [0.15, 0.2) is 54.6 Å². The Labute approximate surface area is 169 Å². The van der Waals surface area contributed by atoms with Gasteiger partial charge in [0.2, 0.25) is 0 Å². The Kier molecular flexibility index (Phi) is 5.83. The second kappa shape index (κ2) is 8.68. The predicted octanol–water partition coefficient (Wildman–Crippen LogP) is 3.86. The maximum Gasteiger partial charge on any atom is 0.162 e. The van der Waals surface area contributed by atoms with Gasteiger partial charge in [0.1, 0.15) is 24.3 Å². The molecule has 1 aromatic heterocycles. The standard InChI is InChI=1S/C23H23FN2O3/c1-16(27)21-9-8-19(12-22(21)24)29-15-20-14-26(10-11-28-20)13-18-7-6-17-4-2-3-5-23(17)25-18/h2-9,12,20H,10-11,13-15H2,1H3. The number of hydrogen-bond donors (Lipinski definition) is 0. The maximum absolute atomic E-state index is 13.9. The largest absolute Gasteiger partial charge is 0.491 e. The highest BCUT2D eigenvalue weighted by molar-refractivity contribution is 5.94. The zero-order valence-corrected chi connectivity index (χ0v) is 16.3. The maximum atomic E-state index is 13.9. The number of benzene rings is 2. The Morgan fingerprint density at radius 1 is 1.24 bits per heavy atom. The zero-order valence-electron chi connectivity index (χ0n) is 16.3. The average Bonchev–Trinajstić information content (AvgIpc) is 2.72. The minimum atomic E-state index is -0.566. The first kappa shape index (κ1) is 19.5. The molecule has 3 aromatic rings. The van der Waals surface area contributed by atoms with Crippen LogP contribution in [0.4, 0.5) is 4.39 Å². The van der Waals surface area contributed by atoms with E-state index >= 15 is 0 Å². The van der Waals surface area contributed by atoms with Gasteiger partial charge in [-0.15, -0.1) is 0 Å². The fraction of sp³-hybridized carbons (Fsp3) is 0.304. The third-order valence-corrected chi connectivity index (χ3v) is 5.02. The molecular weight excluding hydrogens is 371 g/mol. The lowest BCUT2D eigenvalue weighted by molar-refractivity contribution is -0.0507. The molecule has 1 saturated heterocycles. The van der Waals surface area contributed by atoms with Gasteiger partial charge in [0, 0.05) is 31.1 Å². The first-order valence-corrected chi connectivity index (χ1v) is 9.70. The molecule has 4 rings (SSSR count). The number of pyridine rings is 1. The number of nitrogens with zero attached hydrogens (tertiary/aromatic N) is 2. The van der Waals surface area contributed by atoms with E-state index in [0.717, 1.165) is 29.7 Å². The van der Waals surface area contributed by atoms with Crippen LogP contribution in [0.5, 0.6) is 5.75 Å². The van der Waals surface area contributed by atoms with Gasteiger partial charge in [-0.3, -0.25) is 14.7 Å². The van der Waals surface area contributed by atoms with Gasteiger partial charge in [0.25, 0.3) is 0 Å². The van der Waals surface area contributed by atoms with E-state index in [-0.39, 0.29) is 17.5 Å². The van der Waals surface area contributed by atoms with Crippen molar-refractivity contribution in [3.8, 4) is 5.75 Å². The van der Waals surface area contributed by atoms with Gasteiger partial charge in [-0.05, 0) is 31.2 Å². The van der Waals surface area contributed by atoms with E-state index in [1.165, 1.54) is 19.1 Å². The number of morpholine rings is 1. The molecule has 150 valence electrons. The smallest absolute Gasteiger partial charge is 0.162 e. The third kappa shape index (κ3) is 4.78. The molecule has 6 heteroatoms. The topological polar surface area (TPSA) is 51.7 Å². The van der Waals surface area contributed by atoms with Gasteiger partial charge >= 0.3 is 0 Å². The number of fused-ring (bicyclic) bond motifs is 1. The number of carbonyl (C=O) groups is 1. The molecule has 2 aromatic carbocycles. The molecular formula is C23H23FN2O3. The van der Waals surface area contributed by atoms with Crippen molar-refractivity contribution < 1.29 is 18.7 Å². The lowest BCUT2D eigenvalue weighted by atomic mass is 10.1. The molecule has 1 atom stereocenters. The summed E-state index contributed by atoms with van der Waals surface area (Å²) < 4.78 is 25.4. The van der Waals surface area contributed by atoms with Crippen LogP contribution in [0.3, 0.4) is 0 Å². The molecule has 0 radical (unpaired) electrons. The number of rotatable bonds is 6. The van der Waals surface area contributed by atoms with Crippen LogP contribution < -0.4 is 4.74 Å². The van der Waals surface area contributed by atoms with E-state index in [4.69, 9.17) is 14.5 Å². The zero-order chi connectivity index (χ0) is 20.2. The lowest BCUT2D eigenvalue weighted by Crippen LogP contribution is -2.44. The molecule has 0 saturated carbocycles. The Hall–Kier alpha value is -2.83. The fourth-order valence-electron chi connectivity index (χ4n) is 3.51. The van der Waals surface area contributed by atoms with Gasteiger partial charge in [0.05, 0.1) is 23.4 Å². The third-order valence-electron chi connectivity index (χ3n) is 5.02. The fourth-order valence-corrected chi connectivity index (χ4v) is 3.51. The highest BCUT2D eigenvalue weighted by atomic mass is 19.1.